The Kier molecular flexibility index (Phi) is 5.16. The third-order valence-corrected chi connectivity index (χ3v) is 5.66. The fourth-order valence-corrected chi connectivity index (χ4v) is 4.26. The van der Waals surface area contributed by atoms with Crippen LogP contribution in [-0.4, -0.2) is 21.8 Å². The van der Waals surface area contributed by atoms with Crippen molar-refractivity contribution in [2.45, 2.75) is 39.5 Å². The van der Waals surface area contributed by atoms with Crippen molar-refractivity contribution >= 4 is 17.5 Å². The summed E-state index contributed by atoms with van der Waals surface area (Å²) in [7, 11) is 0. The quantitative estimate of drug-likeness (QED) is 0.722. The summed E-state index contributed by atoms with van der Waals surface area (Å²) < 4.78 is 0. The minimum atomic E-state index is -0.493. The van der Waals surface area contributed by atoms with Gasteiger partial charge in [-0.15, -0.1) is 0 Å². The predicted octanol–water partition coefficient (Wildman–Crippen LogP) is 3.95. The molecule has 2 aliphatic rings. The van der Waals surface area contributed by atoms with E-state index in [4.69, 9.17) is 0 Å². The molecule has 0 saturated heterocycles. The number of ketones is 1. The Morgan fingerprint density at radius 1 is 1.13 bits per heavy atom. The average molecular weight is 403 g/mol. The van der Waals surface area contributed by atoms with Crippen molar-refractivity contribution in [3.05, 3.63) is 76.3 Å². The molecule has 30 heavy (non-hydrogen) atoms. The van der Waals surface area contributed by atoms with Gasteiger partial charge in [0.2, 0.25) is 0 Å². The second-order valence-electron chi connectivity index (χ2n) is 8.19. The molecule has 0 bridgehead atoms. The lowest BCUT2D eigenvalue weighted by Gasteiger charge is -2.36. The van der Waals surface area contributed by atoms with Gasteiger partial charge in [0.25, 0.3) is 5.91 Å². The number of allylic oxidation sites excluding steroid dienone is 3. The van der Waals surface area contributed by atoms with Crippen LogP contribution < -0.4 is 10.6 Å². The summed E-state index contributed by atoms with van der Waals surface area (Å²) in [6, 6.07) is 10.3. The van der Waals surface area contributed by atoms with Crippen LogP contribution in [0.15, 0.2) is 65.1 Å². The lowest BCUT2D eigenvalue weighted by Crippen LogP contribution is -2.37. The molecule has 1 aromatic heterocycles. The minimum Gasteiger partial charge on any atom is -0.508 e. The molecular weight excluding hydrogens is 378 g/mol. The fraction of sp³-hybridized carbons (Fsp3) is 0.292. The maximum absolute atomic E-state index is 13.3. The van der Waals surface area contributed by atoms with Gasteiger partial charge in [0.05, 0.1) is 0 Å². The van der Waals surface area contributed by atoms with E-state index in [0.717, 1.165) is 28.9 Å². The number of pyridine rings is 1. The van der Waals surface area contributed by atoms with Crippen LogP contribution in [0.25, 0.3) is 0 Å². The van der Waals surface area contributed by atoms with E-state index < -0.39 is 5.92 Å². The zero-order chi connectivity index (χ0) is 21.4. The monoisotopic (exact) mass is 403 g/mol. The number of phenols is 1. The van der Waals surface area contributed by atoms with Crippen molar-refractivity contribution in [1.82, 2.24) is 10.3 Å². The van der Waals surface area contributed by atoms with E-state index in [9.17, 15) is 14.7 Å². The summed E-state index contributed by atoms with van der Waals surface area (Å²) in [5.74, 6) is 0.115. The Balaban J connectivity index is 1.78. The molecule has 2 aromatic rings. The molecule has 1 amide bonds. The first-order chi connectivity index (χ1) is 14.3. The van der Waals surface area contributed by atoms with E-state index in [-0.39, 0.29) is 23.4 Å². The number of benzene rings is 1. The van der Waals surface area contributed by atoms with Gasteiger partial charge in [-0.1, -0.05) is 25.1 Å². The molecule has 4 rings (SSSR count). The van der Waals surface area contributed by atoms with E-state index in [1.165, 1.54) is 0 Å². The molecule has 1 aromatic carbocycles. The Hall–Kier alpha value is -3.41. The molecule has 0 saturated carbocycles. The number of rotatable bonds is 3. The normalized spacial score (nSPS) is 21.2. The number of aryl methyl sites for hydroxylation is 1. The third kappa shape index (κ3) is 3.73. The molecule has 1 aliphatic heterocycles. The molecule has 0 spiro atoms. The van der Waals surface area contributed by atoms with Crippen LogP contribution in [0, 0.1) is 12.8 Å². The number of hydrogen-bond acceptors (Lipinski definition) is 5. The molecule has 0 fully saturated rings. The average Bonchev–Trinajstić information content (AvgIpc) is 2.69. The van der Waals surface area contributed by atoms with Crippen LogP contribution in [0.5, 0.6) is 5.75 Å². The Bertz CT molecular complexity index is 1070. The second kappa shape index (κ2) is 7.78. The summed E-state index contributed by atoms with van der Waals surface area (Å²) in [5.41, 5.74) is 4.54. The molecule has 6 nitrogen and oxygen atoms in total. The number of carbonyl (C=O) groups is 2. The maximum Gasteiger partial charge on any atom is 0.255 e. The Labute approximate surface area is 175 Å². The summed E-state index contributed by atoms with van der Waals surface area (Å²) in [6.45, 7) is 5.85. The van der Waals surface area contributed by atoms with Crippen molar-refractivity contribution in [1.29, 1.82) is 0 Å². The van der Waals surface area contributed by atoms with Crippen molar-refractivity contribution in [2.75, 3.05) is 5.32 Å². The minimum absolute atomic E-state index is 0.0561. The van der Waals surface area contributed by atoms with Crippen LogP contribution in [0.1, 0.15) is 43.7 Å². The molecule has 2 heterocycles. The molecule has 0 radical (unpaired) electrons. The van der Waals surface area contributed by atoms with Gasteiger partial charge >= 0.3 is 0 Å². The lowest BCUT2D eigenvalue weighted by atomic mass is 9.73. The molecule has 2 atom stereocenters. The number of Topliss-reactive ketones (excluding diaryl/α,β-unsaturated/α-hetero) is 1. The van der Waals surface area contributed by atoms with E-state index in [2.05, 4.69) is 22.5 Å². The zero-order valence-corrected chi connectivity index (χ0v) is 17.3. The van der Waals surface area contributed by atoms with Crippen LogP contribution in [0.2, 0.25) is 0 Å². The Morgan fingerprint density at radius 3 is 2.53 bits per heavy atom. The van der Waals surface area contributed by atoms with Crippen LogP contribution in [0.3, 0.4) is 0 Å². The zero-order valence-electron chi connectivity index (χ0n) is 17.3. The maximum atomic E-state index is 13.3. The molecular formula is C24H25N3O3. The molecule has 3 N–H and O–H groups in total. The van der Waals surface area contributed by atoms with Gasteiger partial charge < -0.3 is 15.7 Å². The number of anilines is 1. The summed E-state index contributed by atoms with van der Waals surface area (Å²) in [6.07, 6.45) is 2.92. The smallest absolute Gasteiger partial charge is 0.255 e. The summed E-state index contributed by atoms with van der Waals surface area (Å²) in [4.78, 5) is 30.6. The van der Waals surface area contributed by atoms with Gasteiger partial charge in [-0.2, -0.15) is 0 Å². The first kappa shape index (κ1) is 19.9. The van der Waals surface area contributed by atoms with Crippen LogP contribution in [-0.2, 0) is 9.59 Å². The highest BCUT2D eigenvalue weighted by atomic mass is 16.3. The van der Waals surface area contributed by atoms with Crippen LogP contribution >= 0.6 is 0 Å². The SMILES string of the molecule is CC1=C(C(=O)Nc2ccc(C)cn2)C(c2ccc(O)cc2)C2=C(CC(C)CC2=O)N1. The van der Waals surface area contributed by atoms with E-state index >= 15 is 0 Å². The van der Waals surface area contributed by atoms with Gasteiger partial charge in [-0.25, -0.2) is 4.98 Å². The number of amides is 1. The largest absolute Gasteiger partial charge is 0.508 e. The fourth-order valence-electron chi connectivity index (χ4n) is 4.26. The number of hydrogen-bond donors (Lipinski definition) is 3. The molecule has 154 valence electrons. The molecule has 2 unspecified atom stereocenters. The van der Waals surface area contributed by atoms with Gasteiger partial charge in [-0.05, 0) is 55.5 Å². The highest BCUT2D eigenvalue weighted by Crippen LogP contribution is 2.43. The number of dihydropyridines is 1. The topological polar surface area (TPSA) is 91.3 Å². The number of phenolic OH excluding ortho intramolecular Hbond substituents is 1. The van der Waals surface area contributed by atoms with E-state index in [0.29, 0.717) is 23.4 Å². The standard InChI is InChI=1S/C24H25N3O3/c1-13-4-9-20(25-12-13)27-24(30)21-15(3)26-18-10-14(2)11-19(29)23(18)22(21)16-5-7-17(28)8-6-16/h4-9,12,14,22,26,28H,10-11H2,1-3H3,(H,25,27,30). The van der Waals surface area contributed by atoms with Gasteiger partial charge in [0.1, 0.15) is 11.6 Å². The Morgan fingerprint density at radius 2 is 1.87 bits per heavy atom. The van der Waals surface area contributed by atoms with E-state index in [1.54, 1.807) is 36.5 Å². The van der Waals surface area contributed by atoms with Crippen molar-refractivity contribution in [3.63, 3.8) is 0 Å². The number of carbonyl (C=O) groups excluding carboxylic acids is 2. The van der Waals surface area contributed by atoms with Gasteiger partial charge in [0.15, 0.2) is 5.78 Å². The summed E-state index contributed by atoms with van der Waals surface area (Å²) in [5, 5.41) is 15.9. The third-order valence-electron chi connectivity index (χ3n) is 5.66. The van der Waals surface area contributed by atoms with Crippen molar-refractivity contribution in [2.24, 2.45) is 5.92 Å². The van der Waals surface area contributed by atoms with Crippen LogP contribution in [0.4, 0.5) is 5.82 Å². The second-order valence-corrected chi connectivity index (χ2v) is 8.19. The van der Waals surface area contributed by atoms with Crippen molar-refractivity contribution < 1.29 is 14.7 Å². The first-order valence-electron chi connectivity index (χ1n) is 10.1. The van der Waals surface area contributed by atoms with Gasteiger partial charge in [-0.3, -0.25) is 9.59 Å². The number of nitrogens with zero attached hydrogens (tertiary/aromatic N) is 1. The summed E-state index contributed by atoms with van der Waals surface area (Å²) >= 11 is 0. The predicted molar refractivity (Wildman–Crippen MR) is 115 cm³/mol. The number of nitrogens with one attached hydrogen (secondary N) is 2. The van der Waals surface area contributed by atoms with E-state index in [1.807, 2.05) is 19.9 Å². The van der Waals surface area contributed by atoms with Gasteiger partial charge in [0, 0.05) is 41.1 Å². The number of aromatic nitrogens is 1. The highest BCUT2D eigenvalue weighted by molar-refractivity contribution is 6.09. The lowest BCUT2D eigenvalue weighted by molar-refractivity contribution is -0.117. The highest BCUT2D eigenvalue weighted by Gasteiger charge is 2.39. The molecule has 6 heteroatoms. The first-order valence-corrected chi connectivity index (χ1v) is 10.1. The number of aromatic hydroxyl groups is 1. The molecule has 1 aliphatic carbocycles. The van der Waals surface area contributed by atoms with Crippen molar-refractivity contribution in [3.8, 4) is 5.75 Å².